The number of fused-ring (bicyclic) bond motifs is 9. The zero-order chi connectivity index (χ0) is 80.3. The minimum atomic E-state index is 0.136. The third-order valence-electron chi connectivity index (χ3n) is 26.5. The Labute approximate surface area is 697 Å². The van der Waals surface area contributed by atoms with Crippen LogP contribution in [-0.2, 0) is 5.41 Å². The lowest BCUT2D eigenvalue weighted by molar-refractivity contribution is 0.435. The monoisotopic (exact) mass is 1520 g/mol. The maximum Gasteiger partial charge on any atom is -0.00259 e. The maximum atomic E-state index is 2.65. The highest BCUT2D eigenvalue weighted by molar-refractivity contribution is 6.25. The van der Waals surface area contributed by atoms with Crippen LogP contribution < -0.4 is 0 Å². The Kier molecular flexibility index (Phi) is 20.4. The molecule has 0 heterocycles. The standard InChI is InChI=1S/C46H48.C36H24.C36H32/c1-29-21-41-43(23-31(29)3)46(40-27-38(33-13-7-5-8-14-33)26-39(28-40)34-15-9-6-10-16-34)44-24-32(4)30(2)22-42(44)45(41)37-20-19-35-17-11-12-18-36(35)25-37;1-3-11-25(12-4-1)27-19-20-29-24-30(22-21-28(29)23-27)36-33-17-9-7-15-31(33)35(26-13-5-2-6-14-26)32-16-8-10-18-34(32)36;1-23-10-18-30-32(20-23)35(28-13-12-25-8-6-7-9-27(25)22-28)33-21-24(2)11-19-31(33)34(30)26-14-16-29(17-15-26)36(3,4)5/h11-12,17-28,33-34H,5-10,13-16H2,1-4H3;1-24H;6-22H,1-5H3. The largest absolute Gasteiger partial charge is 0.0622 e. The molecule has 0 unspecified atom stereocenters. The minimum Gasteiger partial charge on any atom is -0.0622 e. The Morgan fingerprint density at radius 3 is 0.890 bits per heavy atom. The molecule has 0 heteroatoms. The average Bonchev–Trinajstić information content (AvgIpc) is 0.724. The van der Waals surface area contributed by atoms with E-state index in [0.29, 0.717) is 11.8 Å². The molecule has 2 fully saturated rings. The number of aryl methyl sites for hydroxylation is 6. The molecule has 2 saturated carbocycles. The van der Waals surface area contributed by atoms with Crippen LogP contribution in [0.1, 0.15) is 147 Å². The van der Waals surface area contributed by atoms with Crippen molar-refractivity contribution in [3.05, 3.63) is 384 Å². The highest BCUT2D eigenvalue weighted by atomic mass is 14.3. The Morgan fingerprint density at radius 2 is 0.483 bits per heavy atom. The molecule has 21 rings (SSSR count). The molecule has 118 heavy (non-hydrogen) atoms. The lowest BCUT2D eigenvalue weighted by Crippen LogP contribution is -2.10. The summed E-state index contributed by atoms with van der Waals surface area (Å²) in [7, 11) is 0. The summed E-state index contributed by atoms with van der Waals surface area (Å²) in [6, 6.07) is 125. The third kappa shape index (κ3) is 14.5. The number of benzene rings is 19. The molecule has 0 aliphatic heterocycles. The second kappa shape index (κ2) is 31.9. The van der Waals surface area contributed by atoms with E-state index in [1.54, 1.807) is 11.1 Å². The Bertz CT molecular complexity index is 6850. The Morgan fingerprint density at radius 1 is 0.195 bits per heavy atom. The van der Waals surface area contributed by atoms with Crippen molar-refractivity contribution in [1.29, 1.82) is 0 Å². The summed E-state index contributed by atoms with van der Waals surface area (Å²) in [6.45, 7) is 20.4. The number of hydrogen-bond acceptors (Lipinski definition) is 0. The van der Waals surface area contributed by atoms with Gasteiger partial charge in [0.05, 0.1) is 0 Å². The summed E-state index contributed by atoms with van der Waals surface area (Å²) < 4.78 is 0. The molecule has 0 spiro atoms. The molecule has 19 aromatic carbocycles. The predicted molar refractivity (Wildman–Crippen MR) is 514 cm³/mol. The fourth-order valence-corrected chi connectivity index (χ4v) is 20.0. The Hall–Kier alpha value is -12.5. The first-order valence-electron chi connectivity index (χ1n) is 43.4. The fraction of sp³-hybridized carbons (Fsp3) is 0.186. The van der Waals surface area contributed by atoms with E-state index in [1.807, 2.05) is 0 Å². The van der Waals surface area contributed by atoms with Crippen LogP contribution in [-0.4, -0.2) is 0 Å². The summed E-state index contributed by atoms with van der Waals surface area (Å²) in [6.07, 6.45) is 13.6. The van der Waals surface area contributed by atoms with E-state index in [-0.39, 0.29) is 5.41 Å². The van der Waals surface area contributed by atoms with Gasteiger partial charge in [-0.15, -0.1) is 0 Å². The highest BCUT2D eigenvalue weighted by Gasteiger charge is 2.27. The number of hydrogen-bond donors (Lipinski definition) is 0. The second-order valence-corrected chi connectivity index (χ2v) is 35.4. The molecule has 2 aliphatic rings. The van der Waals surface area contributed by atoms with Crippen LogP contribution in [0.25, 0.3) is 175 Å². The highest BCUT2D eigenvalue weighted by Crippen LogP contribution is 2.51. The molecule has 0 amide bonds. The van der Waals surface area contributed by atoms with E-state index >= 15 is 0 Å². The van der Waals surface area contributed by atoms with E-state index < -0.39 is 0 Å². The first kappa shape index (κ1) is 75.6. The smallest absolute Gasteiger partial charge is 0.00259 e. The molecule has 19 aromatic rings. The molecule has 0 bridgehead atoms. The van der Waals surface area contributed by atoms with Gasteiger partial charge < -0.3 is 0 Å². The summed E-state index contributed by atoms with van der Waals surface area (Å²) in [5.74, 6) is 1.39. The van der Waals surface area contributed by atoms with Gasteiger partial charge in [-0.3, -0.25) is 0 Å². The molecule has 0 radical (unpaired) electrons. The van der Waals surface area contributed by atoms with Crippen LogP contribution >= 0.6 is 0 Å². The fourth-order valence-electron chi connectivity index (χ4n) is 20.0. The molecule has 576 valence electrons. The van der Waals surface area contributed by atoms with Gasteiger partial charge in [0, 0.05) is 0 Å². The van der Waals surface area contributed by atoms with Crippen molar-refractivity contribution in [2.75, 3.05) is 0 Å². The van der Waals surface area contributed by atoms with Gasteiger partial charge in [0.1, 0.15) is 0 Å². The van der Waals surface area contributed by atoms with Gasteiger partial charge >= 0.3 is 0 Å². The molecule has 0 nitrogen and oxygen atoms in total. The van der Waals surface area contributed by atoms with Gasteiger partial charge in [0.2, 0.25) is 0 Å². The van der Waals surface area contributed by atoms with E-state index in [1.165, 1.54) is 278 Å². The lowest BCUT2D eigenvalue weighted by Gasteiger charge is -2.28. The molecule has 0 saturated heterocycles. The molecule has 0 aromatic heterocycles. The Balaban J connectivity index is 0.000000119. The van der Waals surface area contributed by atoms with E-state index in [4.69, 9.17) is 0 Å². The van der Waals surface area contributed by atoms with E-state index in [0.717, 1.165) is 0 Å². The van der Waals surface area contributed by atoms with Crippen molar-refractivity contribution in [2.24, 2.45) is 0 Å². The van der Waals surface area contributed by atoms with E-state index in [2.05, 4.69) is 396 Å². The van der Waals surface area contributed by atoms with Crippen LogP contribution in [0.3, 0.4) is 0 Å². The van der Waals surface area contributed by atoms with Crippen LogP contribution in [0.4, 0.5) is 0 Å². The zero-order valence-corrected chi connectivity index (χ0v) is 70.0. The third-order valence-corrected chi connectivity index (χ3v) is 26.5. The molecule has 0 atom stereocenters. The maximum absolute atomic E-state index is 2.65. The van der Waals surface area contributed by atoms with Crippen LogP contribution in [0.2, 0.25) is 0 Å². The first-order valence-corrected chi connectivity index (χ1v) is 43.4. The second-order valence-electron chi connectivity index (χ2n) is 35.4. The van der Waals surface area contributed by atoms with Gasteiger partial charge in [-0.2, -0.15) is 0 Å². The van der Waals surface area contributed by atoms with Crippen molar-refractivity contribution in [3.63, 3.8) is 0 Å². The van der Waals surface area contributed by atoms with E-state index in [9.17, 15) is 0 Å². The van der Waals surface area contributed by atoms with Crippen LogP contribution in [0.5, 0.6) is 0 Å². The predicted octanol–water partition coefficient (Wildman–Crippen LogP) is 34.4. The average molecular weight is 1520 g/mol. The first-order chi connectivity index (χ1) is 57.6. The van der Waals surface area contributed by atoms with Gasteiger partial charge in [-0.1, -0.05) is 380 Å². The normalized spacial score (nSPS) is 13.6. The van der Waals surface area contributed by atoms with Crippen LogP contribution in [0, 0.1) is 41.5 Å². The summed E-state index contributed by atoms with van der Waals surface area (Å²) in [5, 5.41) is 23.6. The van der Waals surface area contributed by atoms with Crippen molar-refractivity contribution in [3.8, 4) is 77.9 Å². The molecular weight excluding hydrogens is 1420 g/mol. The number of rotatable bonds is 9. The summed E-state index contributed by atoms with van der Waals surface area (Å²) >= 11 is 0. The van der Waals surface area contributed by atoms with Gasteiger partial charge in [-0.25, -0.2) is 0 Å². The summed E-state index contributed by atoms with van der Waals surface area (Å²) in [4.78, 5) is 0. The molecule has 2 aliphatic carbocycles. The summed E-state index contributed by atoms with van der Waals surface area (Å²) in [5.41, 5.74) is 31.1. The van der Waals surface area contributed by atoms with Crippen molar-refractivity contribution in [2.45, 2.75) is 144 Å². The quantitative estimate of drug-likeness (QED) is 0.126. The zero-order valence-electron chi connectivity index (χ0n) is 70.0. The molecular formula is C118H104. The van der Waals surface area contributed by atoms with Crippen molar-refractivity contribution >= 4 is 97.0 Å². The van der Waals surface area contributed by atoms with Crippen molar-refractivity contribution in [1.82, 2.24) is 0 Å². The van der Waals surface area contributed by atoms with Crippen molar-refractivity contribution < 1.29 is 0 Å². The van der Waals surface area contributed by atoms with Gasteiger partial charge in [0.15, 0.2) is 0 Å². The SMILES string of the molecule is Cc1cc2c(-c3cc(C4CCCCC4)cc(C4CCCCC4)c3)c3cc(C)c(C)cc3c(-c3ccc4ccccc4c3)c2cc1C.Cc1ccc2c(-c3ccc(C(C)(C)C)cc3)c3ccc(C)cc3c(-c3ccc4ccccc4c3)c2c1.c1ccc(-c2ccc3cc(-c4c5ccccc5c(-c5ccccc5)c5ccccc45)ccc3c2)cc1. The lowest BCUT2D eigenvalue weighted by atomic mass is 9.77. The minimum absolute atomic E-state index is 0.136. The molecule has 0 N–H and O–H groups in total. The topological polar surface area (TPSA) is 0 Å². The van der Waals surface area contributed by atoms with Crippen LogP contribution in [0.15, 0.2) is 334 Å². The van der Waals surface area contributed by atoms with Gasteiger partial charge in [-0.05, 0) is 323 Å². The van der Waals surface area contributed by atoms with Gasteiger partial charge in [0.25, 0.3) is 0 Å².